The molecule has 0 saturated heterocycles. The van der Waals surface area contributed by atoms with Gasteiger partial charge in [0.15, 0.2) is 0 Å². The van der Waals surface area contributed by atoms with Crippen LogP contribution in [0, 0.1) is 23.2 Å². The quantitative estimate of drug-likeness (QED) is 0.791. The van der Waals surface area contributed by atoms with E-state index < -0.39 is 0 Å². The summed E-state index contributed by atoms with van der Waals surface area (Å²) in [6.45, 7) is 7.04. The molecular formula is C18H24O3. The summed E-state index contributed by atoms with van der Waals surface area (Å²) in [5, 5.41) is 0. The summed E-state index contributed by atoms with van der Waals surface area (Å²) in [5.74, 6) is 2.32. The van der Waals surface area contributed by atoms with Crippen molar-refractivity contribution in [3.8, 4) is 5.75 Å². The van der Waals surface area contributed by atoms with Gasteiger partial charge in [0.1, 0.15) is 17.4 Å². The number of carbonyl (C=O) groups excluding carboxylic acids is 1. The van der Waals surface area contributed by atoms with Gasteiger partial charge in [-0.05, 0) is 48.1 Å². The SMILES string of the molecule is COC(=O)c1ccccc1O[C@@H]1C[C@H]2C[C@@H]([C@@H]1C)C2(C)C. The van der Waals surface area contributed by atoms with E-state index in [9.17, 15) is 4.79 Å². The van der Waals surface area contributed by atoms with Gasteiger partial charge in [-0.25, -0.2) is 4.79 Å². The highest BCUT2D eigenvalue weighted by atomic mass is 16.5. The number of fused-ring (bicyclic) bond motifs is 2. The standard InChI is InChI=1S/C18H24O3/c1-11-14-9-12(18(14,2)3)10-16(11)21-15-8-6-5-7-13(15)17(19)20-4/h5-8,11-12,14,16H,9-10H2,1-4H3/t11-,12+,14-,16+/m0/s1. The molecule has 3 saturated carbocycles. The Hall–Kier alpha value is -1.51. The first kappa shape index (κ1) is 14.4. The van der Waals surface area contributed by atoms with Crippen molar-refractivity contribution in [2.75, 3.05) is 7.11 Å². The van der Waals surface area contributed by atoms with Crippen LogP contribution in [0.1, 0.15) is 44.0 Å². The van der Waals surface area contributed by atoms with E-state index in [0.717, 1.165) is 18.3 Å². The third-order valence-electron chi connectivity index (χ3n) is 5.85. The fourth-order valence-electron chi connectivity index (χ4n) is 4.27. The van der Waals surface area contributed by atoms with Crippen molar-refractivity contribution in [2.45, 2.75) is 39.7 Å². The van der Waals surface area contributed by atoms with Crippen LogP contribution in [0.2, 0.25) is 0 Å². The predicted molar refractivity (Wildman–Crippen MR) is 81.4 cm³/mol. The molecule has 4 atom stereocenters. The number of hydrogen-bond donors (Lipinski definition) is 0. The molecule has 0 amide bonds. The Morgan fingerprint density at radius 1 is 1.24 bits per heavy atom. The van der Waals surface area contributed by atoms with Crippen LogP contribution in [0.15, 0.2) is 24.3 Å². The molecule has 3 nitrogen and oxygen atoms in total. The average molecular weight is 288 g/mol. The zero-order chi connectivity index (χ0) is 15.2. The van der Waals surface area contributed by atoms with Crippen molar-refractivity contribution < 1.29 is 14.3 Å². The van der Waals surface area contributed by atoms with Gasteiger partial charge in [0.05, 0.1) is 7.11 Å². The maximum absolute atomic E-state index is 11.8. The minimum atomic E-state index is -0.334. The highest BCUT2D eigenvalue weighted by molar-refractivity contribution is 5.92. The third-order valence-corrected chi connectivity index (χ3v) is 5.85. The lowest BCUT2D eigenvalue weighted by atomic mass is 9.45. The van der Waals surface area contributed by atoms with Crippen molar-refractivity contribution in [3.05, 3.63) is 29.8 Å². The monoisotopic (exact) mass is 288 g/mol. The smallest absolute Gasteiger partial charge is 0.341 e. The summed E-state index contributed by atoms with van der Waals surface area (Å²) < 4.78 is 11.1. The molecule has 0 aliphatic heterocycles. The molecule has 0 aromatic heterocycles. The Morgan fingerprint density at radius 3 is 2.57 bits per heavy atom. The lowest BCUT2D eigenvalue weighted by Gasteiger charge is -2.61. The summed E-state index contributed by atoms with van der Waals surface area (Å²) >= 11 is 0. The second kappa shape index (κ2) is 5.04. The first-order chi connectivity index (χ1) is 9.95. The molecule has 3 heteroatoms. The number of rotatable bonds is 3. The van der Waals surface area contributed by atoms with E-state index >= 15 is 0 Å². The number of para-hydroxylation sites is 1. The number of esters is 1. The van der Waals surface area contributed by atoms with E-state index in [1.807, 2.05) is 18.2 Å². The maximum Gasteiger partial charge on any atom is 0.341 e. The minimum Gasteiger partial charge on any atom is -0.489 e. The summed E-state index contributed by atoms with van der Waals surface area (Å²) in [4.78, 5) is 11.8. The van der Waals surface area contributed by atoms with Crippen molar-refractivity contribution in [3.63, 3.8) is 0 Å². The molecule has 1 aromatic carbocycles. The number of benzene rings is 1. The second-order valence-corrected chi connectivity index (χ2v) is 7.10. The molecular weight excluding hydrogens is 264 g/mol. The van der Waals surface area contributed by atoms with Gasteiger partial charge in [0.2, 0.25) is 0 Å². The lowest BCUT2D eigenvalue weighted by Crippen LogP contribution is -2.58. The lowest BCUT2D eigenvalue weighted by molar-refractivity contribution is -0.147. The molecule has 0 spiro atoms. The van der Waals surface area contributed by atoms with Crippen LogP contribution in [0.25, 0.3) is 0 Å². The highest BCUT2D eigenvalue weighted by Crippen LogP contribution is 2.61. The Bertz CT molecular complexity index is 549. The van der Waals surface area contributed by atoms with Gasteiger partial charge in [0, 0.05) is 0 Å². The summed E-state index contributed by atoms with van der Waals surface area (Å²) in [7, 11) is 1.40. The fraction of sp³-hybridized carbons (Fsp3) is 0.611. The molecule has 114 valence electrons. The first-order valence-corrected chi connectivity index (χ1v) is 7.79. The zero-order valence-electron chi connectivity index (χ0n) is 13.3. The minimum absolute atomic E-state index is 0.201. The topological polar surface area (TPSA) is 35.5 Å². The van der Waals surface area contributed by atoms with Crippen LogP contribution in [0.5, 0.6) is 5.75 Å². The molecule has 1 aromatic rings. The van der Waals surface area contributed by atoms with Crippen LogP contribution >= 0.6 is 0 Å². The molecule has 0 N–H and O–H groups in total. The zero-order valence-corrected chi connectivity index (χ0v) is 13.3. The third kappa shape index (κ3) is 2.23. The molecule has 2 bridgehead atoms. The summed E-state index contributed by atoms with van der Waals surface area (Å²) in [6.07, 6.45) is 2.61. The van der Waals surface area contributed by atoms with Gasteiger partial charge in [0.25, 0.3) is 0 Å². The van der Waals surface area contributed by atoms with Gasteiger partial charge in [-0.3, -0.25) is 0 Å². The molecule has 3 aliphatic rings. The van der Waals surface area contributed by atoms with E-state index in [4.69, 9.17) is 9.47 Å². The number of ether oxygens (including phenoxy) is 2. The van der Waals surface area contributed by atoms with E-state index in [0.29, 0.717) is 22.6 Å². The van der Waals surface area contributed by atoms with E-state index in [1.54, 1.807) is 6.07 Å². The molecule has 3 fully saturated rings. The largest absolute Gasteiger partial charge is 0.489 e. The number of hydrogen-bond acceptors (Lipinski definition) is 3. The van der Waals surface area contributed by atoms with Gasteiger partial charge in [-0.15, -0.1) is 0 Å². The summed E-state index contributed by atoms with van der Waals surface area (Å²) in [5.41, 5.74) is 0.965. The Balaban J connectivity index is 1.78. The maximum atomic E-state index is 11.8. The summed E-state index contributed by atoms with van der Waals surface area (Å²) in [6, 6.07) is 7.37. The Kier molecular flexibility index (Phi) is 3.46. The van der Waals surface area contributed by atoms with Crippen molar-refractivity contribution >= 4 is 5.97 Å². The molecule has 3 aliphatic carbocycles. The fourth-order valence-corrected chi connectivity index (χ4v) is 4.27. The Morgan fingerprint density at radius 2 is 1.95 bits per heavy atom. The van der Waals surface area contributed by atoms with Crippen LogP contribution in [0.3, 0.4) is 0 Å². The van der Waals surface area contributed by atoms with Crippen molar-refractivity contribution in [1.82, 2.24) is 0 Å². The number of methoxy groups -OCH3 is 1. The van der Waals surface area contributed by atoms with Crippen LogP contribution in [-0.2, 0) is 4.74 Å². The highest BCUT2D eigenvalue weighted by Gasteiger charge is 2.57. The first-order valence-electron chi connectivity index (χ1n) is 7.79. The number of carbonyl (C=O) groups is 1. The Labute approximate surface area is 126 Å². The van der Waals surface area contributed by atoms with Gasteiger partial charge < -0.3 is 9.47 Å². The molecule has 21 heavy (non-hydrogen) atoms. The average Bonchev–Trinajstić information content (AvgIpc) is 2.48. The van der Waals surface area contributed by atoms with Crippen LogP contribution in [0.4, 0.5) is 0 Å². The van der Waals surface area contributed by atoms with Gasteiger partial charge in [-0.2, -0.15) is 0 Å². The van der Waals surface area contributed by atoms with Crippen LogP contribution in [-0.4, -0.2) is 19.2 Å². The van der Waals surface area contributed by atoms with E-state index in [2.05, 4.69) is 20.8 Å². The molecule has 0 radical (unpaired) electrons. The predicted octanol–water partition coefficient (Wildman–Crippen LogP) is 3.92. The molecule has 4 rings (SSSR count). The van der Waals surface area contributed by atoms with Gasteiger partial charge >= 0.3 is 5.97 Å². The van der Waals surface area contributed by atoms with Gasteiger partial charge in [-0.1, -0.05) is 32.9 Å². The normalized spacial score (nSPS) is 33.0. The molecule has 0 heterocycles. The van der Waals surface area contributed by atoms with E-state index in [1.165, 1.54) is 13.5 Å². The second-order valence-electron chi connectivity index (χ2n) is 7.10. The molecule has 0 unspecified atom stereocenters. The van der Waals surface area contributed by atoms with E-state index in [-0.39, 0.29) is 12.1 Å². The van der Waals surface area contributed by atoms with Crippen LogP contribution < -0.4 is 4.74 Å². The van der Waals surface area contributed by atoms with Crippen molar-refractivity contribution in [2.24, 2.45) is 23.2 Å². The van der Waals surface area contributed by atoms with Crippen molar-refractivity contribution in [1.29, 1.82) is 0 Å².